The molecule has 0 spiro atoms. The predicted molar refractivity (Wildman–Crippen MR) is 160 cm³/mol. The summed E-state index contributed by atoms with van der Waals surface area (Å²) in [5.74, 6) is -3.49. The van der Waals surface area contributed by atoms with E-state index in [9.17, 15) is 33.3 Å². The fourth-order valence-electron chi connectivity index (χ4n) is 5.52. The average Bonchev–Trinajstić information content (AvgIpc) is 3.01. The lowest BCUT2D eigenvalue weighted by Crippen LogP contribution is -2.44. The molecular weight excluding hydrogens is 575 g/mol. The van der Waals surface area contributed by atoms with Crippen molar-refractivity contribution in [1.82, 2.24) is 4.90 Å². The number of alkyl halides is 3. The number of benzene rings is 3. The number of piperidine rings is 1. The zero-order chi connectivity index (χ0) is 32.5. The highest BCUT2D eigenvalue weighted by molar-refractivity contribution is 5.80. The second kappa shape index (κ2) is 14.8. The van der Waals surface area contributed by atoms with E-state index in [0.717, 1.165) is 61.2 Å². The van der Waals surface area contributed by atoms with Crippen molar-refractivity contribution >= 4 is 11.9 Å². The van der Waals surface area contributed by atoms with Crippen molar-refractivity contribution in [2.75, 3.05) is 19.6 Å². The molecule has 1 atom stereocenters. The van der Waals surface area contributed by atoms with Gasteiger partial charge < -0.3 is 25.3 Å². The summed E-state index contributed by atoms with van der Waals surface area (Å²) in [5, 5.41) is 39.3. The summed E-state index contributed by atoms with van der Waals surface area (Å²) in [5.41, 5.74) is 1.47. The Morgan fingerprint density at radius 2 is 1.25 bits per heavy atom. The van der Waals surface area contributed by atoms with Crippen molar-refractivity contribution in [2.45, 2.75) is 62.8 Å². The van der Waals surface area contributed by atoms with Gasteiger partial charge in [-0.25, -0.2) is 4.79 Å². The van der Waals surface area contributed by atoms with Crippen molar-refractivity contribution < 1.29 is 43.2 Å². The third-order valence-corrected chi connectivity index (χ3v) is 8.35. The van der Waals surface area contributed by atoms with Gasteiger partial charge in [0.25, 0.3) is 0 Å². The van der Waals surface area contributed by atoms with Crippen molar-refractivity contribution in [3.63, 3.8) is 0 Å². The maximum absolute atomic E-state index is 12.1. The average molecular weight is 616 g/mol. The van der Waals surface area contributed by atoms with E-state index < -0.39 is 35.2 Å². The zero-order valence-electron chi connectivity index (χ0n) is 24.9. The summed E-state index contributed by atoms with van der Waals surface area (Å²) in [6.45, 7) is 6.11. The molecule has 0 radical (unpaired) electrons. The fraction of sp³-hybridized carbons (Fsp3) is 0.412. The molecule has 1 heterocycles. The molecule has 0 aliphatic carbocycles. The molecule has 1 fully saturated rings. The molecular formula is C34H40F3NO6. The zero-order valence-corrected chi connectivity index (χ0v) is 24.9. The molecule has 0 bridgehead atoms. The van der Waals surface area contributed by atoms with Crippen LogP contribution in [-0.2, 0) is 20.6 Å². The van der Waals surface area contributed by atoms with Gasteiger partial charge in [-0.05, 0) is 87.3 Å². The highest BCUT2D eigenvalue weighted by Gasteiger charge is 2.41. The van der Waals surface area contributed by atoms with Crippen LogP contribution >= 0.6 is 0 Å². The molecule has 10 heteroatoms. The maximum atomic E-state index is 12.1. The number of rotatable bonds is 10. The van der Waals surface area contributed by atoms with Gasteiger partial charge in [0.2, 0.25) is 0 Å². The van der Waals surface area contributed by atoms with E-state index in [1.807, 2.05) is 72.8 Å². The van der Waals surface area contributed by atoms with Gasteiger partial charge in [0.15, 0.2) is 0 Å². The van der Waals surface area contributed by atoms with E-state index in [2.05, 4.69) is 4.90 Å². The minimum absolute atomic E-state index is 0.132. The molecule has 1 saturated heterocycles. The van der Waals surface area contributed by atoms with Crippen LogP contribution < -0.4 is 0 Å². The lowest BCUT2D eigenvalue weighted by molar-refractivity contribution is -0.192. The van der Waals surface area contributed by atoms with Crippen LogP contribution in [0.3, 0.4) is 0 Å². The molecule has 1 aliphatic rings. The number of likely N-dealkylation sites (tertiary alicyclic amines) is 1. The fourth-order valence-corrected chi connectivity index (χ4v) is 5.52. The van der Waals surface area contributed by atoms with E-state index in [0.29, 0.717) is 6.42 Å². The molecule has 3 aromatic carbocycles. The molecule has 0 saturated carbocycles. The first kappa shape index (κ1) is 34.8. The standard InChI is InChI=1S/C32H39NO4.C2HF3O2/c1-31(2,30(35)36)25-17-15-24(16-18-25)29(34)14-9-21-33-22-19-28(20-23-33)32(37,26-10-5-3-6-11-26)27-12-7-4-8-13-27;3-2(4,5)1(6)7/h3-8,10-13,15-18,28-29,34,37H,9,14,19-23H2,1-2H3,(H,35,36);(H,6,7). The predicted octanol–water partition coefficient (Wildman–Crippen LogP) is 6.14. The van der Waals surface area contributed by atoms with Gasteiger partial charge in [-0.2, -0.15) is 13.2 Å². The molecule has 0 amide bonds. The van der Waals surface area contributed by atoms with Gasteiger partial charge >= 0.3 is 18.1 Å². The van der Waals surface area contributed by atoms with Crippen LogP contribution in [0.4, 0.5) is 13.2 Å². The number of aliphatic hydroxyl groups is 2. The Morgan fingerprint density at radius 3 is 1.66 bits per heavy atom. The molecule has 238 valence electrons. The molecule has 1 aliphatic heterocycles. The Balaban J connectivity index is 0.000000676. The van der Waals surface area contributed by atoms with Crippen LogP contribution in [-0.4, -0.2) is 63.1 Å². The molecule has 4 N–H and O–H groups in total. The first-order valence-corrected chi connectivity index (χ1v) is 14.5. The van der Waals surface area contributed by atoms with Crippen molar-refractivity contribution in [2.24, 2.45) is 5.92 Å². The Bertz CT molecular complexity index is 1300. The first-order chi connectivity index (χ1) is 20.7. The third-order valence-electron chi connectivity index (χ3n) is 8.35. The smallest absolute Gasteiger partial charge is 0.481 e. The Kier molecular flexibility index (Phi) is 11.7. The Labute approximate surface area is 255 Å². The lowest BCUT2D eigenvalue weighted by Gasteiger charge is -2.42. The maximum Gasteiger partial charge on any atom is 0.490 e. The number of aliphatic carboxylic acids is 2. The summed E-state index contributed by atoms with van der Waals surface area (Å²) in [4.78, 5) is 22.8. The number of halogens is 3. The van der Waals surface area contributed by atoms with E-state index >= 15 is 0 Å². The highest BCUT2D eigenvalue weighted by atomic mass is 19.4. The Morgan fingerprint density at radius 1 is 0.795 bits per heavy atom. The summed E-state index contributed by atoms with van der Waals surface area (Å²) in [6, 6.07) is 27.3. The quantitative estimate of drug-likeness (QED) is 0.216. The van der Waals surface area contributed by atoms with Crippen LogP contribution in [0, 0.1) is 5.92 Å². The third kappa shape index (κ3) is 8.68. The molecule has 0 aromatic heterocycles. The number of nitrogens with zero attached hydrogens (tertiary/aromatic N) is 1. The number of aliphatic hydroxyl groups excluding tert-OH is 1. The van der Waals surface area contributed by atoms with E-state index in [1.165, 1.54) is 0 Å². The van der Waals surface area contributed by atoms with E-state index in [1.54, 1.807) is 26.0 Å². The van der Waals surface area contributed by atoms with Crippen LogP contribution in [0.15, 0.2) is 84.9 Å². The van der Waals surface area contributed by atoms with Crippen molar-refractivity contribution in [1.29, 1.82) is 0 Å². The van der Waals surface area contributed by atoms with E-state index in [4.69, 9.17) is 9.90 Å². The number of hydrogen-bond donors (Lipinski definition) is 4. The van der Waals surface area contributed by atoms with Crippen molar-refractivity contribution in [3.05, 3.63) is 107 Å². The van der Waals surface area contributed by atoms with Gasteiger partial charge in [-0.3, -0.25) is 4.79 Å². The summed E-state index contributed by atoms with van der Waals surface area (Å²) < 4.78 is 31.7. The van der Waals surface area contributed by atoms with Crippen molar-refractivity contribution in [3.8, 4) is 0 Å². The number of carboxylic acid groups (broad SMARTS) is 2. The van der Waals surface area contributed by atoms with Crippen LogP contribution in [0.2, 0.25) is 0 Å². The van der Waals surface area contributed by atoms with Crippen LogP contribution in [0.5, 0.6) is 0 Å². The van der Waals surface area contributed by atoms with Crippen LogP contribution in [0.1, 0.15) is 67.9 Å². The SMILES string of the molecule is CC(C)(C(=O)O)c1ccc(C(O)CCCN2CCC(C(O)(c3ccccc3)c3ccccc3)CC2)cc1.O=C(O)C(F)(F)F. The number of carbonyl (C=O) groups is 2. The normalized spacial score (nSPS) is 15.6. The molecule has 3 aromatic rings. The summed E-state index contributed by atoms with van der Waals surface area (Å²) >= 11 is 0. The van der Waals surface area contributed by atoms with Gasteiger partial charge in [-0.1, -0.05) is 84.9 Å². The Hall–Kier alpha value is -3.73. The molecule has 1 unspecified atom stereocenters. The molecule has 7 nitrogen and oxygen atoms in total. The molecule has 44 heavy (non-hydrogen) atoms. The number of carboxylic acids is 2. The van der Waals surface area contributed by atoms with E-state index in [-0.39, 0.29) is 5.92 Å². The van der Waals surface area contributed by atoms with Crippen LogP contribution in [0.25, 0.3) is 0 Å². The molecule has 4 rings (SSSR count). The van der Waals surface area contributed by atoms with Gasteiger partial charge in [0.05, 0.1) is 11.5 Å². The summed E-state index contributed by atoms with van der Waals surface area (Å²) in [6.07, 6.45) is -2.32. The topological polar surface area (TPSA) is 118 Å². The highest BCUT2D eigenvalue weighted by Crippen LogP contribution is 2.42. The monoisotopic (exact) mass is 615 g/mol. The van der Waals surface area contributed by atoms with Gasteiger partial charge in [0.1, 0.15) is 5.60 Å². The lowest BCUT2D eigenvalue weighted by atomic mass is 9.72. The van der Waals surface area contributed by atoms with Gasteiger partial charge in [0, 0.05) is 0 Å². The summed E-state index contributed by atoms with van der Waals surface area (Å²) in [7, 11) is 0. The second-order valence-electron chi connectivity index (χ2n) is 11.6. The number of hydrogen-bond acceptors (Lipinski definition) is 5. The van der Waals surface area contributed by atoms with Gasteiger partial charge in [-0.15, -0.1) is 0 Å². The second-order valence-corrected chi connectivity index (χ2v) is 11.6. The minimum atomic E-state index is -5.08. The largest absolute Gasteiger partial charge is 0.490 e. The minimum Gasteiger partial charge on any atom is -0.481 e. The first-order valence-electron chi connectivity index (χ1n) is 14.5.